The summed E-state index contributed by atoms with van der Waals surface area (Å²) in [6.45, 7) is 2.80. The van der Waals surface area contributed by atoms with Crippen molar-refractivity contribution in [1.82, 2.24) is 10.3 Å². The van der Waals surface area contributed by atoms with Crippen molar-refractivity contribution in [1.29, 1.82) is 0 Å². The Morgan fingerprint density at radius 1 is 1.67 bits per heavy atom. The summed E-state index contributed by atoms with van der Waals surface area (Å²) in [6.07, 6.45) is 1.62. The van der Waals surface area contributed by atoms with E-state index in [1.165, 1.54) is 0 Å². The van der Waals surface area contributed by atoms with Crippen LogP contribution in [0.5, 0.6) is 0 Å². The number of hydrogen-bond donors (Lipinski definition) is 2. The predicted octanol–water partition coefficient (Wildman–Crippen LogP) is 0.236. The van der Waals surface area contributed by atoms with Gasteiger partial charge < -0.3 is 16.0 Å². The molecule has 1 aromatic rings. The van der Waals surface area contributed by atoms with Crippen LogP contribution in [-0.4, -0.2) is 31.0 Å². The number of hydrogen-bond acceptors (Lipinski definition) is 4. The summed E-state index contributed by atoms with van der Waals surface area (Å²) in [5, 5.41) is 2.72. The van der Waals surface area contributed by atoms with Crippen molar-refractivity contribution in [2.75, 3.05) is 30.8 Å². The van der Waals surface area contributed by atoms with Crippen LogP contribution in [0, 0.1) is 0 Å². The van der Waals surface area contributed by atoms with E-state index >= 15 is 0 Å². The predicted molar refractivity (Wildman–Crippen MR) is 60.6 cm³/mol. The van der Waals surface area contributed by atoms with E-state index < -0.39 is 0 Å². The third-order valence-corrected chi connectivity index (χ3v) is 1.98. The molecule has 0 atom stereocenters. The number of amides is 1. The van der Waals surface area contributed by atoms with Crippen LogP contribution in [0.4, 0.5) is 11.5 Å². The lowest BCUT2D eigenvalue weighted by Gasteiger charge is -2.19. The molecule has 0 aliphatic rings. The van der Waals surface area contributed by atoms with Crippen LogP contribution in [0.3, 0.4) is 0 Å². The van der Waals surface area contributed by atoms with Gasteiger partial charge in [-0.15, -0.1) is 0 Å². The first-order valence-corrected chi connectivity index (χ1v) is 4.83. The Hall–Kier alpha value is -1.78. The van der Waals surface area contributed by atoms with E-state index in [4.69, 9.17) is 5.73 Å². The number of nitrogens with one attached hydrogen (secondary N) is 1. The maximum absolute atomic E-state index is 11.3. The van der Waals surface area contributed by atoms with E-state index in [1.807, 2.05) is 20.0 Å². The summed E-state index contributed by atoms with van der Waals surface area (Å²) >= 11 is 0. The van der Waals surface area contributed by atoms with Gasteiger partial charge in [0, 0.05) is 19.8 Å². The maximum Gasteiger partial charge on any atom is 0.239 e. The molecule has 0 aliphatic carbocycles. The Morgan fingerprint density at radius 3 is 3.00 bits per heavy atom. The van der Waals surface area contributed by atoms with Gasteiger partial charge in [-0.05, 0) is 19.1 Å². The summed E-state index contributed by atoms with van der Waals surface area (Å²) in [6, 6.07) is 3.63. The molecule has 82 valence electrons. The van der Waals surface area contributed by atoms with Crippen molar-refractivity contribution in [2.45, 2.75) is 6.92 Å². The lowest BCUT2D eigenvalue weighted by atomic mass is 10.3. The summed E-state index contributed by atoms with van der Waals surface area (Å²) < 4.78 is 0. The zero-order valence-electron chi connectivity index (χ0n) is 9.03. The molecular formula is C10H16N4O. The molecular weight excluding hydrogens is 192 g/mol. The number of carbonyl (C=O) groups excluding carboxylic acids is 1. The maximum atomic E-state index is 11.3. The van der Waals surface area contributed by atoms with E-state index in [1.54, 1.807) is 17.2 Å². The topological polar surface area (TPSA) is 71.2 Å². The first kappa shape index (κ1) is 11.3. The molecule has 15 heavy (non-hydrogen) atoms. The number of nitrogens with two attached hydrogens (primary N) is 1. The number of likely N-dealkylation sites (N-methyl/N-ethyl adjacent to an activating group) is 2. The molecule has 3 N–H and O–H groups in total. The zero-order chi connectivity index (χ0) is 11.3. The second kappa shape index (κ2) is 5.19. The first-order chi connectivity index (χ1) is 7.15. The number of carbonyl (C=O) groups is 1. The van der Waals surface area contributed by atoms with Crippen molar-refractivity contribution in [2.24, 2.45) is 0 Å². The largest absolute Gasteiger partial charge is 0.382 e. The first-order valence-electron chi connectivity index (χ1n) is 4.83. The SMILES string of the molecule is CCNC(=O)CN(C)c1cccnc1N. The highest BCUT2D eigenvalue weighted by molar-refractivity contribution is 5.82. The van der Waals surface area contributed by atoms with Crippen molar-refractivity contribution < 1.29 is 4.79 Å². The molecule has 0 unspecified atom stereocenters. The fourth-order valence-corrected chi connectivity index (χ4v) is 1.29. The Bertz CT molecular complexity index is 340. The van der Waals surface area contributed by atoms with Crippen LogP contribution in [0.1, 0.15) is 6.92 Å². The fraction of sp³-hybridized carbons (Fsp3) is 0.400. The zero-order valence-corrected chi connectivity index (χ0v) is 9.03. The van der Waals surface area contributed by atoms with Gasteiger partial charge >= 0.3 is 0 Å². The molecule has 1 amide bonds. The van der Waals surface area contributed by atoms with Gasteiger partial charge in [-0.1, -0.05) is 0 Å². The van der Waals surface area contributed by atoms with E-state index in [2.05, 4.69) is 10.3 Å². The van der Waals surface area contributed by atoms with E-state index in [-0.39, 0.29) is 12.5 Å². The van der Waals surface area contributed by atoms with E-state index in [0.717, 1.165) is 5.69 Å². The van der Waals surface area contributed by atoms with Crippen LogP contribution < -0.4 is 16.0 Å². The molecule has 1 rings (SSSR count). The van der Waals surface area contributed by atoms with Crippen LogP contribution in [0.25, 0.3) is 0 Å². The quantitative estimate of drug-likeness (QED) is 0.743. The van der Waals surface area contributed by atoms with Crippen LogP contribution >= 0.6 is 0 Å². The number of aromatic nitrogens is 1. The second-order valence-electron chi connectivity index (χ2n) is 3.22. The van der Waals surface area contributed by atoms with Gasteiger partial charge in [0.2, 0.25) is 5.91 Å². The number of nitrogens with zero attached hydrogens (tertiary/aromatic N) is 2. The molecule has 0 saturated heterocycles. The van der Waals surface area contributed by atoms with E-state index in [0.29, 0.717) is 12.4 Å². The van der Waals surface area contributed by atoms with Crippen molar-refractivity contribution in [3.05, 3.63) is 18.3 Å². The van der Waals surface area contributed by atoms with Gasteiger partial charge in [-0.25, -0.2) is 4.98 Å². The molecule has 5 nitrogen and oxygen atoms in total. The third-order valence-electron chi connectivity index (χ3n) is 1.98. The third kappa shape index (κ3) is 3.12. The van der Waals surface area contributed by atoms with Crippen LogP contribution in [-0.2, 0) is 4.79 Å². The fourth-order valence-electron chi connectivity index (χ4n) is 1.29. The van der Waals surface area contributed by atoms with Crippen molar-refractivity contribution >= 4 is 17.4 Å². The lowest BCUT2D eigenvalue weighted by molar-refractivity contribution is -0.119. The van der Waals surface area contributed by atoms with Crippen LogP contribution in [0.2, 0.25) is 0 Å². The number of anilines is 2. The van der Waals surface area contributed by atoms with Crippen molar-refractivity contribution in [3.8, 4) is 0 Å². The standard InChI is InChI=1S/C10H16N4O/c1-3-12-9(15)7-14(2)8-5-4-6-13-10(8)11/h4-6H,3,7H2,1-2H3,(H2,11,13)(H,12,15). The normalized spacial score (nSPS) is 9.73. The number of rotatable bonds is 4. The molecule has 0 fully saturated rings. The monoisotopic (exact) mass is 208 g/mol. The van der Waals surface area contributed by atoms with Gasteiger partial charge in [0.25, 0.3) is 0 Å². The molecule has 0 saturated carbocycles. The Morgan fingerprint density at radius 2 is 2.40 bits per heavy atom. The van der Waals surface area contributed by atoms with Gasteiger partial charge in [0.15, 0.2) is 0 Å². The van der Waals surface area contributed by atoms with Gasteiger partial charge in [0.05, 0.1) is 12.2 Å². The highest BCUT2D eigenvalue weighted by Gasteiger charge is 2.08. The lowest BCUT2D eigenvalue weighted by Crippen LogP contribution is -2.35. The minimum atomic E-state index is -0.0248. The van der Waals surface area contributed by atoms with Crippen molar-refractivity contribution in [3.63, 3.8) is 0 Å². The average Bonchev–Trinajstić information content (AvgIpc) is 2.18. The summed E-state index contributed by atoms with van der Waals surface area (Å²) in [4.78, 5) is 17.1. The molecule has 0 aromatic carbocycles. The van der Waals surface area contributed by atoms with Gasteiger partial charge in [-0.3, -0.25) is 4.79 Å². The van der Waals surface area contributed by atoms with Crippen LogP contribution in [0.15, 0.2) is 18.3 Å². The number of nitrogen functional groups attached to an aromatic ring is 1. The minimum absolute atomic E-state index is 0.0248. The molecule has 0 spiro atoms. The highest BCUT2D eigenvalue weighted by atomic mass is 16.2. The van der Waals surface area contributed by atoms with Gasteiger partial charge in [0.1, 0.15) is 5.82 Å². The molecule has 1 aromatic heterocycles. The smallest absolute Gasteiger partial charge is 0.239 e. The minimum Gasteiger partial charge on any atom is -0.382 e. The Labute approximate surface area is 89.3 Å². The summed E-state index contributed by atoms with van der Waals surface area (Å²) in [5.74, 6) is 0.410. The summed E-state index contributed by atoms with van der Waals surface area (Å²) in [5.41, 5.74) is 6.45. The Balaban J connectivity index is 2.65. The summed E-state index contributed by atoms with van der Waals surface area (Å²) in [7, 11) is 1.81. The molecule has 1 heterocycles. The molecule has 0 radical (unpaired) electrons. The highest BCUT2D eigenvalue weighted by Crippen LogP contribution is 2.17. The average molecular weight is 208 g/mol. The molecule has 5 heteroatoms. The molecule has 0 aliphatic heterocycles. The Kier molecular flexibility index (Phi) is 3.91. The van der Waals surface area contributed by atoms with E-state index in [9.17, 15) is 4.79 Å². The second-order valence-corrected chi connectivity index (χ2v) is 3.22. The van der Waals surface area contributed by atoms with Gasteiger partial charge in [-0.2, -0.15) is 0 Å². The number of pyridine rings is 1. The molecule has 0 bridgehead atoms.